The van der Waals surface area contributed by atoms with Crippen LogP contribution in [0.3, 0.4) is 0 Å². The molecule has 1 heterocycles. The Morgan fingerprint density at radius 3 is 2.09 bits per heavy atom. The summed E-state index contributed by atoms with van der Waals surface area (Å²) < 4.78 is 11.0. The Balaban J connectivity index is 1.86. The number of phenolic OH excluding ortho intramolecular Hbond substituents is 2. The van der Waals surface area contributed by atoms with E-state index in [9.17, 15) is 30.3 Å². The van der Waals surface area contributed by atoms with E-state index in [1.54, 1.807) is 60.7 Å². The van der Waals surface area contributed by atoms with Crippen LogP contribution in [0.2, 0.25) is 0 Å². The standard InChI is InChI=1S/C24H20O8/c25-16-11-15(13-7-3-1-4-8-13)22(21(28)19(16)14-9-5-2-6-10-14)32-24-20(27)17(26)12-18(31-24)23(29)30/h1-12,17,20,24-28H,(H,29,30)/t17-,20+,24-/m0/s1. The summed E-state index contributed by atoms with van der Waals surface area (Å²) in [6.07, 6.45) is -3.97. The molecule has 0 saturated heterocycles. The Morgan fingerprint density at radius 2 is 1.50 bits per heavy atom. The Bertz CT molecular complexity index is 1160. The highest BCUT2D eigenvalue weighted by atomic mass is 16.7. The van der Waals surface area contributed by atoms with Crippen molar-refractivity contribution in [1.29, 1.82) is 0 Å². The van der Waals surface area contributed by atoms with Crippen molar-refractivity contribution in [3.05, 3.63) is 78.6 Å². The summed E-state index contributed by atoms with van der Waals surface area (Å²) >= 11 is 0. The second-order valence-electron chi connectivity index (χ2n) is 7.15. The Morgan fingerprint density at radius 1 is 0.906 bits per heavy atom. The monoisotopic (exact) mass is 436 g/mol. The van der Waals surface area contributed by atoms with Crippen molar-refractivity contribution in [3.8, 4) is 39.5 Å². The highest BCUT2D eigenvalue weighted by molar-refractivity contribution is 5.87. The van der Waals surface area contributed by atoms with Crippen molar-refractivity contribution in [2.24, 2.45) is 0 Å². The highest BCUT2D eigenvalue weighted by Crippen LogP contribution is 2.49. The van der Waals surface area contributed by atoms with E-state index < -0.39 is 36.0 Å². The van der Waals surface area contributed by atoms with Crippen LogP contribution in [0, 0.1) is 0 Å². The molecule has 164 valence electrons. The van der Waals surface area contributed by atoms with Gasteiger partial charge in [0.25, 0.3) is 6.29 Å². The van der Waals surface area contributed by atoms with Crippen molar-refractivity contribution < 1.29 is 39.8 Å². The van der Waals surface area contributed by atoms with Gasteiger partial charge in [-0.2, -0.15) is 0 Å². The summed E-state index contributed by atoms with van der Waals surface area (Å²) in [5, 5.41) is 51.4. The molecule has 3 atom stereocenters. The van der Waals surface area contributed by atoms with Crippen molar-refractivity contribution in [2.75, 3.05) is 0 Å². The molecule has 3 aromatic rings. The third-order valence-corrected chi connectivity index (χ3v) is 5.02. The van der Waals surface area contributed by atoms with E-state index in [0.29, 0.717) is 11.1 Å². The maximum Gasteiger partial charge on any atom is 0.371 e. The smallest absolute Gasteiger partial charge is 0.371 e. The first-order chi connectivity index (χ1) is 15.4. The first-order valence-electron chi connectivity index (χ1n) is 9.71. The maximum atomic E-state index is 11.3. The van der Waals surface area contributed by atoms with E-state index in [4.69, 9.17) is 9.47 Å². The largest absolute Gasteiger partial charge is 0.507 e. The lowest BCUT2D eigenvalue weighted by Gasteiger charge is -2.31. The molecule has 0 saturated carbocycles. The minimum absolute atomic E-state index is 0.0835. The van der Waals surface area contributed by atoms with Crippen LogP contribution in [-0.4, -0.2) is 50.0 Å². The topological polar surface area (TPSA) is 137 Å². The molecule has 0 aliphatic carbocycles. The third-order valence-electron chi connectivity index (χ3n) is 5.02. The first kappa shape index (κ1) is 21.2. The fourth-order valence-electron chi connectivity index (χ4n) is 3.46. The number of ether oxygens (including phenoxy) is 2. The number of rotatable bonds is 5. The van der Waals surface area contributed by atoms with Crippen LogP contribution < -0.4 is 4.74 Å². The number of carboxylic acids is 1. The lowest BCUT2D eigenvalue weighted by atomic mass is 9.96. The van der Waals surface area contributed by atoms with Crippen molar-refractivity contribution in [2.45, 2.75) is 18.5 Å². The number of carboxylic acid groups (broad SMARTS) is 1. The van der Waals surface area contributed by atoms with Crippen LogP contribution in [0.4, 0.5) is 0 Å². The van der Waals surface area contributed by atoms with Gasteiger partial charge < -0.3 is 35.0 Å². The molecule has 0 radical (unpaired) electrons. The molecule has 0 bridgehead atoms. The van der Waals surface area contributed by atoms with E-state index in [-0.39, 0.29) is 22.6 Å². The molecule has 0 fully saturated rings. The summed E-state index contributed by atoms with van der Waals surface area (Å²) in [4.78, 5) is 11.3. The van der Waals surface area contributed by atoms with Gasteiger partial charge in [0.1, 0.15) is 11.9 Å². The minimum atomic E-state index is -1.64. The molecule has 8 nitrogen and oxygen atoms in total. The second kappa shape index (κ2) is 8.62. The van der Waals surface area contributed by atoms with Gasteiger partial charge in [0, 0.05) is 5.56 Å². The third kappa shape index (κ3) is 3.96. The summed E-state index contributed by atoms with van der Waals surface area (Å²) in [5.74, 6) is -2.86. The molecule has 0 amide bonds. The molecule has 5 N–H and O–H groups in total. The van der Waals surface area contributed by atoms with Crippen LogP contribution >= 0.6 is 0 Å². The number of aliphatic hydroxyl groups is 2. The van der Waals surface area contributed by atoms with Gasteiger partial charge in [-0.05, 0) is 23.3 Å². The average Bonchev–Trinajstić information content (AvgIpc) is 2.79. The van der Waals surface area contributed by atoms with Crippen LogP contribution in [-0.2, 0) is 9.53 Å². The second-order valence-corrected chi connectivity index (χ2v) is 7.15. The lowest BCUT2D eigenvalue weighted by molar-refractivity contribution is -0.172. The van der Waals surface area contributed by atoms with Gasteiger partial charge in [-0.1, -0.05) is 60.7 Å². The molecule has 3 aromatic carbocycles. The molecule has 8 heteroatoms. The molecule has 32 heavy (non-hydrogen) atoms. The van der Waals surface area contributed by atoms with E-state index in [1.807, 2.05) is 0 Å². The number of benzene rings is 3. The van der Waals surface area contributed by atoms with Crippen molar-refractivity contribution in [1.82, 2.24) is 0 Å². The zero-order valence-electron chi connectivity index (χ0n) is 16.6. The van der Waals surface area contributed by atoms with E-state index in [0.717, 1.165) is 6.08 Å². The molecular weight excluding hydrogens is 416 g/mol. The molecule has 1 aliphatic heterocycles. The SMILES string of the molecule is O=C(O)C1=C[C@H](O)[C@@H](O)[C@H](Oc2c(-c3ccccc3)cc(O)c(-c3ccccc3)c2O)O1. The van der Waals surface area contributed by atoms with Crippen molar-refractivity contribution in [3.63, 3.8) is 0 Å². The highest BCUT2D eigenvalue weighted by Gasteiger charge is 2.37. The van der Waals surface area contributed by atoms with Crippen LogP contribution in [0.25, 0.3) is 22.3 Å². The van der Waals surface area contributed by atoms with Gasteiger partial charge >= 0.3 is 5.97 Å². The Kier molecular flexibility index (Phi) is 5.72. The number of aliphatic carboxylic acids is 1. The fraction of sp³-hybridized carbons (Fsp3) is 0.125. The number of aromatic hydroxyl groups is 2. The normalized spacial score (nSPS) is 20.2. The molecular formula is C24H20O8. The summed E-state index contributed by atoms with van der Waals surface area (Å²) in [6, 6.07) is 18.7. The van der Waals surface area contributed by atoms with Gasteiger partial charge in [-0.15, -0.1) is 0 Å². The van der Waals surface area contributed by atoms with Gasteiger partial charge in [0.2, 0.25) is 5.76 Å². The minimum Gasteiger partial charge on any atom is -0.507 e. The first-order valence-corrected chi connectivity index (χ1v) is 9.71. The van der Waals surface area contributed by atoms with E-state index >= 15 is 0 Å². The predicted octanol–water partition coefficient (Wildman–Crippen LogP) is 2.86. The zero-order valence-corrected chi connectivity index (χ0v) is 16.6. The molecule has 0 unspecified atom stereocenters. The van der Waals surface area contributed by atoms with Crippen molar-refractivity contribution >= 4 is 5.97 Å². The van der Waals surface area contributed by atoms with E-state index in [1.165, 1.54) is 6.07 Å². The maximum absolute atomic E-state index is 11.3. The van der Waals surface area contributed by atoms with Gasteiger partial charge in [0.15, 0.2) is 17.6 Å². The predicted molar refractivity (Wildman–Crippen MR) is 114 cm³/mol. The fourth-order valence-corrected chi connectivity index (χ4v) is 3.46. The number of carbonyl (C=O) groups is 1. The quantitative estimate of drug-likeness (QED) is 0.412. The van der Waals surface area contributed by atoms with Gasteiger partial charge in [-0.3, -0.25) is 0 Å². The average molecular weight is 436 g/mol. The summed E-state index contributed by atoms with van der Waals surface area (Å²) in [6.45, 7) is 0. The molecule has 4 rings (SSSR count). The Labute approximate surface area is 182 Å². The number of hydrogen-bond donors (Lipinski definition) is 5. The molecule has 0 aromatic heterocycles. The number of aliphatic hydroxyl groups excluding tert-OH is 2. The lowest BCUT2D eigenvalue weighted by Crippen LogP contribution is -2.46. The van der Waals surface area contributed by atoms with Crippen LogP contribution in [0.5, 0.6) is 17.2 Å². The Hall–Kier alpha value is -4.01. The molecule has 1 aliphatic rings. The van der Waals surface area contributed by atoms with Gasteiger partial charge in [-0.25, -0.2) is 4.79 Å². The summed E-state index contributed by atoms with van der Waals surface area (Å²) in [7, 11) is 0. The molecule has 0 spiro atoms. The zero-order chi connectivity index (χ0) is 22.8. The number of hydrogen-bond acceptors (Lipinski definition) is 7. The van der Waals surface area contributed by atoms with Gasteiger partial charge in [0.05, 0.1) is 5.56 Å². The summed E-state index contributed by atoms with van der Waals surface area (Å²) in [5.41, 5.74) is 1.44. The van der Waals surface area contributed by atoms with Crippen LogP contribution in [0.15, 0.2) is 78.6 Å². The van der Waals surface area contributed by atoms with E-state index in [2.05, 4.69) is 0 Å². The van der Waals surface area contributed by atoms with Crippen LogP contribution in [0.1, 0.15) is 0 Å². The number of phenols is 2.